The van der Waals surface area contributed by atoms with Crippen LogP contribution in [0.2, 0.25) is 5.02 Å². The molecule has 0 bridgehead atoms. The summed E-state index contributed by atoms with van der Waals surface area (Å²) in [6, 6.07) is 7.98. The molecule has 1 aliphatic carbocycles. The number of benzene rings is 1. The average molecular weight is 310 g/mol. The summed E-state index contributed by atoms with van der Waals surface area (Å²) in [6.07, 6.45) is 2.70. The Morgan fingerprint density at radius 1 is 1.38 bits per heavy atom. The molecule has 1 N–H and O–H groups in total. The van der Waals surface area contributed by atoms with Crippen LogP contribution in [0.4, 0.5) is 0 Å². The highest BCUT2D eigenvalue weighted by molar-refractivity contribution is 6.31. The Morgan fingerprint density at radius 3 is 2.67 bits per heavy atom. The molecule has 0 amide bonds. The van der Waals surface area contributed by atoms with E-state index >= 15 is 0 Å². The predicted octanol–water partition coefficient (Wildman–Crippen LogP) is 4.22. The van der Waals surface area contributed by atoms with Crippen LogP contribution in [-0.2, 0) is 4.79 Å². The van der Waals surface area contributed by atoms with Crippen molar-refractivity contribution in [2.24, 2.45) is 11.8 Å². The predicted molar refractivity (Wildman–Crippen MR) is 85.6 cm³/mol. The summed E-state index contributed by atoms with van der Waals surface area (Å²) >= 11 is 6.29. The van der Waals surface area contributed by atoms with Gasteiger partial charge in [-0.1, -0.05) is 36.7 Å². The van der Waals surface area contributed by atoms with Gasteiger partial charge >= 0.3 is 5.97 Å². The van der Waals surface area contributed by atoms with Crippen molar-refractivity contribution < 1.29 is 9.90 Å². The van der Waals surface area contributed by atoms with Gasteiger partial charge in [-0.3, -0.25) is 9.69 Å². The molecule has 21 heavy (non-hydrogen) atoms. The van der Waals surface area contributed by atoms with Gasteiger partial charge < -0.3 is 5.11 Å². The van der Waals surface area contributed by atoms with Crippen LogP contribution < -0.4 is 0 Å². The minimum Gasteiger partial charge on any atom is -0.481 e. The number of halogens is 1. The van der Waals surface area contributed by atoms with Crippen molar-refractivity contribution in [3.8, 4) is 0 Å². The van der Waals surface area contributed by atoms with Crippen LogP contribution >= 0.6 is 11.6 Å². The third-order valence-electron chi connectivity index (χ3n) is 4.89. The van der Waals surface area contributed by atoms with Gasteiger partial charge in [0.05, 0.1) is 5.92 Å². The largest absolute Gasteiger partial charge is 0.481 e. The highest BCUT2D eigenvalue weighted by Gasteiger charge is 2.37. The fraction of sp³-hybridized carbons (Fsp3) is 0.588. The molecule has 4 heteroatoms. The molecular weight excluding hydrogens is 286 g/mol. The second kappa shape index (κ2) is 6.80. The lowest BCUT2D eigenvalue weighted by atomic mass is 9.78. The van der Waals surface area contributed by atoms with Crippen molar-refractivity contribution in [3.05, 3.63) is 34.9 Å². The van der Waals surface area contributed by atoms with E-state index < -0.39 is 5.97 Å². The first-order valence-corrected chi connectivity index (χ1v) is 7.98. The number of carboxylic acid groups (broad SMARTS) is 1. The summed E-state index contributed by atoms with van der Waals surface area (Å²) in [5.41, 5.74) is 1.06. The van der Waals surface area contributed by atoms with E-state index in [0.717, 1.165) is 29.8 Å². The fourth-order valence-electron chi connectivity index (χ4n) is 3.41. The zero-order valence-corrected chi connectivity index (χ0v) is 13.7. The van der Waals surface area contributed by atoms with Gasteiger partial charge in [-0.2, -0.15) is 0 Å². The molecule has 0 heterocycles. The second-order valence-electron chi connectivity index (χ2n) is 6.29. The van der Waals surface area contributed by atoms with Crippen LogP contribution in [0.3, 0.4) is 0 Å². The normalized spacial score (nSPS) is 27.6. The average Bonchev–Trinajstić information content (AvgIpc) is 2.45. The molecule has 0 aromatic heterocycles. The monoisotopic (exact) mass is 309 g/mol. The van der Waals surface area contributed by atoms with Gasteiger partial charge in [0.25, 0.3) is 0 Å². The number of nitrogens with zero attached hydrogens (tertiary/aromatic N) is 1. The molecular formula is C17H24ClNO2. The lowest BCUT2D eigenvalue weighted by Gasteiger charge is -2.41. The Kier molecular flexibility index (Phi) is 5.28. The summed E-state index contributed by atoms with van der Waals surface area (Å²) in [7, 11) is 2.02. The van der Waals surface area contributed by atoms with E-state index in [0.29, 0.717) is 5.92 Å². The van der Waals surface area contributed by atoms with Gasteiger partial charge in [0, 0.05) is 17.1 Å². The fourth-order valence-corrected chi connectivity index (χ4v) is 3.70. The summed E-state index contributed by atoms with van der Waals surface area (Å²) < 4.78 is 0. The Morgan fingerprint density at radius 2 is 2.05 bits per heavy atom. The van der Waals surface area contributed by atoms with Crippen molar-refractivity contribution in [2.75, 3.05) is 7.05 Å². The van der Waals surface area contributed by atoms with Crippen LogP contribution in [-0.4, -0.2) is 29.1 Å². The molecule has 0 spiro atoms. The summed E-state index contributed by atoms with van der Waals surface area (Å²) in [5, 5.41) is 10.2. The topological polar surface area (TPSA) is 40.5 Å². The first-order chi connectivity index (χ1) is 9.91. The molecule has 116 valence electrons. The Labute approximate surface area is 131 Å². The summed E-state index contributed by atoms with van der Waals surface area (Å²) in [4.78, 5) is 13.7. The minimum atomic E-state index is -0.676. The Bertz CT molecular complexity index is 505. The van der Waals surface area contributed by atoms with Gasteiger partial charge in [0.15, 0.2) is 0 Å². The molecule has 0 aliphatic heterocycles. The molecule has 0 radical (unpaired) electrons. The second-order valence-corrected chi connectivity index (χ2v) is 6.70. The SMILES string of the molecule is CC1CCC(C(=O)O)C(N(C)C(C)c2ccccc2Cl)C1. The summed E-state index contributed by atoms with van der Waals surface area (Å²) in [5.74, 6) is -0.382. The first-order valence-electron chi connectivity index (χ1n) is 7.61. The molecule has 3 nitrogen and oxygen atoms in total. The van der Waals surface area contributed by atoms with E-state index in [9.17, 15) is 9.90 Å². The maximum atomic E-state index is 11.5. The van der Waals surface area contributed by atoms with Crippen LogP contribution in [0.5, 0.6) is 0 Å². The highest BCUT2D eigenvalue weighted by Crippen LogP contribution is 2.36. The van der Waals surface area contributed by atoms with Crippen LogP contribution in [0.15, 0.2) is 24.3 Å². The van der Waals surface area contributed by atoms with E-state index in [2.05, 4.69) is 18.7 Å². The van der Waals surface area contributed by atoms with E-state index in [1.807, 2.05) is 31.3 Å². The maximum absolute atomic E-state index is 11.5. The van der Waals surface area contributed by atoms with Crippen molar-refractivity contribution in [1.82, 2.24) is 4.90 Å². The van der Waals surface area contributed by atoms with Crippen molar-refractivity contribution in [3.63, 3.8) is 0 Å². The zero-order valence-electron chi connectivity index (χ0n) is 12.9. The standard InChI is InChI=1S/C17H24ClNO2/c1-11-8-9-14(17(20)21)16(10-11)19(3)12(2)13-6-4-5-7-15(13)18/h4-7,11-12,14,16H,8-10H2,1-3H3,(H,20,21). The molecule has 4 unspecified atom stereocenters. The third-order valence-corrected chi connectivity index (χ3v) is 5.23. The first kappa shape index (κ1) is 16.3. The van der Waals surface area contributed by atoms with E-state index in [4.69, 9.17) is 11.6 Å². The van der Waals surface area contributed by atoms with Gasteiger partial charge in [-0.15, -0.1) is 0 Å². The van der Waals surface area contributed by atoms with E-state index in [-0.39, 0.29) is 18.0 Å². The summed E-state index contributed by atoms with van der Waals surface area (Å²) in [6.45, 7) is 4.30. The lowest BCUT2D eigenvalue weighted by molar-refractivity contribution is -0.146. The van der Waals surface area contributed by atoms with Crippen LogP contribution in [0.1, 0.15) is 44.7 Å². The quantitative estimate of drug-likeness (QED) is 0.905. The smallest absolute Gasteiger partial charge is 0.308 e. The molecule has 2 rings (SSSR count). The molecule has 0 saturated heterocycles. The van der Waals surface area contributed by atoms with Crippen LogP contribution in [0, 0.1) is 11.8 Å². The lowest BCUT2D eigenvalue weighted by Crippen LogP contribution is -2.46. The van der Waals surface area contributed by atoms with E-state index in [1.165, 1.54) is 0 Å². The van der Waals surface area contributed by atoms with Crippen molar-refractivity contribution in [2.45, 2.75) is 45.2 Å². The number of carbonyl (C=O) groups is 1. The number of aliphatic carboxylic acids is 1. The van der Waals surface area contributed by atoms with Gasteiger partial charge in [0.2, 0.25) is 0 Å². The number of carboxylic acids is 1. The minimum absolute atomic E-state index is 0.0672. The molecule has 1 aromatic rings. The van der Waals surface area contributed by atoms with Crippen LogP contribution in [0.25, 0.3) is 0 Å². The zero-order chi connectivity index (χ0) is 15.6. The van der Waals surface area contributed by atoms with Crippen molar-refractivity contribution >= 4 is 17.6 Å². The third kappa shape index (κ3) is 3.58. The highest BCUT2D eigenvalue weighted by atomic mass is 35.5. The van der Waals surface area contributed by atoms with Gasteiger partial charge in [-0.25, -0.2) is 0 Å². The van der Waals surface area contributed by atoms with E-state index in [1.54, 1.807) is 0 Å². The molecule has 1 aromatic carbocycles. The maximum Gasteiger partial charge on any atom is 0.308 e. The molecule has 1 fully saturated rings. The van der Waals surface area contributed by atoms with Crippen molar-refractivity contribution in [1.29, 1.82) is 0 Å². The Hall–Kier alpha value is -1.06. The number of hydrogen-bond donors (Lipinski definition) is 1. The van der Waals surface area contributed by atoms with Gasteiger partial charge in [-0.05, 0) is 50.8 Å². The van der Waals surface area contributed by atoms with Gasteiger partial charge in [0.1, 0.15) is 0 Å². The molecule has 1 saturated carbocycles. The Balaban J connectivity index is 2.21. The molecule has 4 atom stereocenters. The molecule has 1 aliphatic rings. The number of hydrogen-bond acceptors (Lipinski definition) is 2. The number of rotatable bonds is 4.